The fourth-order valence-electron chi connectivity index (χ4n) is 2.07. The van der Waals surface area contributed by atoms with E-state index in [1.807, 2.05) is 32.9 Å². The molecule has 0 radical (unpaired) electrons. The average Bonchev–Trinajstić information content (AvgIpc) is 2.55. The summed E-state index contributed by atoms with van der Waals surface area (Å²) in [6.07, 6.45) is 1.94. The Kier molecular flexibility index (Phi) is 8.08. The third-order valence-corrected chi connectivity index (χ3v) is 4.79. The standard InChI is InChI=1S/C18H30N4O3S/c1-18(2,3)16(23)20-12-13-22-17(19-4)21-11-10-14-6-8-15(9-7-14)26(5,24)25/h6-9H,10-13H2,1-5H3,(H,20,23)(H2,19,21,22). The molecule has 0 aliphatic rings. The topological polar surface area (TPSA) is 99.7 Å². The summed E-state index contributed by atoms with van der Waals surface area (Å²) in [4.78, 5) is 16.2. The van der Waals surface area contributed by atoms with Crippen LogP contribution in [0.1, 0.15) is 26.3 Å². The van der Waals surface area contributed by atoms with Gasteiger partial charge >= 0.3 is 0 Å². The zero-order valence-corrected chi connectivity index (χ0v) is 17.0. The highest BCUT2D eigenvalue weighted by molar-refractivity contribution is 7.90. The number of sulfone groups is 1. The van der Waals surface area contributed by atoms with Crippen molar-refractivity contribution in [3.63, 3.8) is 0 Å². The summed E-state index contributed by atoms with van der Waals surface area (Å²) in [6, 6.07) is 6.87. The molecule has 1 aromatic carbocycles. The Hall–Kier alpha value is -2.09. The van der Waals surface area contributed by atoms with Gasteiger partial charge in [-0.2, -0.15) is 0 Å². The molecule has 7 nitrogen and oxygen atoms in total. The molecule has 0 heterocycles. The van der Waals surface area contributed by atoms with Crippen LogP contribution >= 0.6 is 0 Å². The number of nitrogens with zero attached hydrogens (tertiary/aromatic N) is 1. The van der Waals surface area contributed by atoms with Gasteiger partial charge in [-0.3, -0.25) is 9.79 Å². The Balaban J connectivity index is 2.33. The molecule has 1 rings (SSSR count). The monoisotopic (exact) mass is 382 g/mol. The summed E-state index contributed by atoms with van der Waals surface area (Å²) in [5.41, 5.74) is 0.643. The third-order valence-electron chi connectivity index (χ3n) is 3.67. The number of rotatable bonds is 7. The first-order chi connectivity index (χ1) is 12.0. The number of carbonyl (C=O) groups excluding carboxylic acids is 1. The molecule has 26 heavy (non-hydrogen) atoms. The summed E-state index contributed by atoms with van der Waals surface area (Å²) in [6.45, 7) is 7.37. The Morgan fingerprint density at radius 2 is 1.54 bits per heavy atom. The van der Waals surface area contributed by atoms with Gasteiger partial charge in [-0.15, -0.1) is 0 Å². The quantitative estimate of drug-likeness (QED) is 0.371. The van der Waals surface area contributed by atoms with E-state index in [-0.39, 0.29) is 5.91 Å². The molecule has 146 valence electrons. The van der Waals surface area contributed by atoms with E-state index >= 15 is 0 Å². The number of aliphatic imine (C=N–C) groups is 1. The van der Waals surface area contributed by atoms with E-state index in [1.54, 1.807) is 19.2 Å². The van der Waals surface area contributed by atoms with E-state index in [9.17, 15) is 13.2 Å². The minimum absolute atomic E-state index is 0.0137. The maximum absolute atomic E-state index is 11.8. The van der Waals surface area contributed by atoms with Gasteiger partial charge in [0.05, 0.1) is 4.90 Å². The van der Waals surface area contributed by atoms with Gasteiger partial charge in [0.25, 0.3) is 0 Å². The smallest absolute Gasteiger partial charge is 0.225 e. The van der Waals surface area contributed by atoms with Crippen molar-refractivity contribution in [2.75, 3.05) is 32.9 Å². The molecule has 1 amide bonds. The first kappa shape index (κ1) is 22.0. The van der Waals surface area contributed by atoms with Crippen LogP contribution in [-0.4, -0.2) is 53.2 Å². The molecule has 0 aliphatic heterocycles. The fourth-order valence-corrected chi connectivity index (χ4v) is 2.70. The van der Waals surface area contributed by atoms with Gasteiger partial charge in [0.15, 0.2) is 15.8 Å². The molecule has 0 saturated heterocycles. The number of guanidine groups is 1. The van der Waals surface area contributed by atoms with Crippen LogP contribution < -0.4 is 16.0 Å². The highest BCUT2D eigenvalue weighted by atomic mass is 32.2. The van der Waals surface area contributed by atoms with Gasteiger partial charge in [0, 0.05) is 38.4 Å². The van der Waals surface area contributed by atoms with Crippen LogP contribution in [0.15, 0.2) is 34.2 Å². The van der Waals surface area contributed by atoms with Crippen molar-refractivity contribution in [2.24, 2.45) is 10.4 Å². The molecule has 0 aliphatic carbocycles. The van der Waals surface area contributed by atoms with Gasteiger partial charge < -0.3 is 16.0 Å². The van der Waals surface area contributed by atoms with Gasteiger partial charge in [-0.05, 0) is 24.1 Å². The van der Waals surface area contributed by atoms with E-state index in [1.165, 1.54) is 6.26 Å². The maximum Gasteiger partial charge on any atom is 0.225 e. The second kappa shape index (κ2) is 9.56. The molecular weight excluding hydrogens is 352 g/mol. The summed E-state index contributed by atoms with van der Waals surface area (Å²) < 4.78 is 22.9. The van der Waals surface area contributed by atoms with E-state index in [4.69, 9.17) is 0 Å². The van der Waals surface area contributed by atoms with Crippen LogP contribution in [0.5, 0.6) is 0 Å². The van der Waals surface area contributed by atoms with Crippen molar-refractivity contribution in [1.29, 1.82) is 0 Å². The Morgan fingerprint density at radius 1 is 1.00 bits per heavy atom. The van der Waals surface area contributed by atoms with Crippen LogP contribution in [0.2, 0.25) is 0 Å². The van der Waals surface area contributed by atoms with Crippen LogP contribution in [-0.2, 0) is 21.1 Å². The number of nitrogens with one attached hydrogen (secondary N) is 3. The molecule has 3 N–H and O–H groups in total. The number of hydrogen-bond donors (Lipinski definition) is 3. The SMILES string of the molecule is CN=C(NCCNC(=O)C(C)(C)C)NCCc1ccc(S(C)(=O)=O)cc1. The predicted octanol–water partition coefficient (Wildman–Crippen LogP) is 0.960. The number of benzene rings is 1. The average molecular weight is 383 g/mol. The molecule has 0 bridgehead atoms. The first-order valence-electron chi connectivity index (χ1n) is 8.56. The van der Waals surface area contributed by atoms with Gasteiger partial charge in [0.2, 0.25) is 5.91 Å². The summed E-state index contributed by atoms with van der Waals surface area (Å²) in [5, 5.41) is 9.19. The molecule has 0 spiro atoms. The van der Waals surface area contributed by atoms with Crippen molar-refractivity contribution in [3.05, 3.63) is 29.8 Å². The molecule has 1 aromatic rings. The maximum atomic E-state index is 11.8. The number of carbonyl (C=O) groups is 1. The molecule has 0 unspecified atom stereocenters. The van der Waals surface area contributed by atoms with E-state index in [0.29, 0.717) is 30.5 Å². The van der Waals surface area contributed by atoms with E-state index in [2.05, 4.69) is 20.9 Å². The van der Waals surface area contributed by atoms with Crippen molar-refractivity contribution >= 4 is 21.7 Å². The molecule has 0 aromatic heterocycles. The minimum atomic E-state index is -3.16. The van der Waals surface area contributed by atoms with Gasteiger partial charge in [0.1, 0.15) is 0 Å². The highest BCUT2D eigenvalue weighted by Gasteiger charge is 2.20. The molecule has 8 heteroatoms. The lowest BCUT2D eigenvalue weighted by Gasteiger charge is -2.18. The van der Waals surface area contributed by atoms with Crippen molar-refractivity contribution in [2.45, 2.75) is 32.1 Å². The largest absolute Gasteiger partial charge is 0.356 e. The lowest BCUT2D eigenvalue weighted by molar-refractivity contribution is -0.128. The first-order valence-corrected chi connectivity index (χ1v) is 10.4. The van der Waals surface area contributed by atoms with E-state index < -0.39 is 15.3 Å². The van der Waals surface area contributed by atoms with Crippen LogP contribution in [0.3, 0.4) is 0 Å². The Labute approximate surface area is 156 Å². The van der Waals surface area contributed by atoms with Gasteiger partial charge in [-0.1, -0.05) is 32.9 Å². The highest BCUT2D eigenvalue weighted by Crippen LogP contribution is 2.12. The lowest BCUT2D eigenvalue weighted by Crippen LogP contribution is -2.43. The minimum Gasteiger partial charge on any atom is -0.356 e. The Bertz CT molecular complexity index is 720. The fraction of sp³-hybridized carbons (Fsp3) is 0.556. The summed E-state index contributed by atoms with van der Waals surface area (Å²) in [7, 11) is -1.48. The lowest BCUT2D eigenvalue weighted by atomic mass is 9.96. The second-order valence-corrected chi connectivity index (χ2v) is 9.11. The molecule has 0 saturated carbocycles. The summed E-state index contributed by atoms with van der Waals surface area (Å²) in [5.74, 6) is 0.669. The van der Waals surface area contributed by atoms with E-state index in [0.717, 1.165) is 12.0 Å². The van der Waals surface area contributed by atoms with Crippen LogP contribution in [0.4, 0.5) is 0 Å². The zero-order chi connectivity index (χ0) is 19.8. The summed E-state index contributed by atoms with van der Waals surface area (Å²) >= 11 is 0. The third kappa shape index (κ3) is 7.86. The van der Waals surface area contributed by atoms with Gasteiger partial charge in [-0.25, -0.2) is 8.42 Å². The van der Waals surface area contributed by atoms with Crippen molar-refractivity contribution < 1.29 is 13.2 Å². The normalized spacial score (nSPS) is 12.6. The van der Waals surface area contributed by atoms with Crippen molar-refractivity contribution in [3.8, 4) is 0 Å². The second-order valence-electron chi connectivity index (χ2n) is 7.10. The zero-order valence-electron chi connectivity index (χ0n) is 16.2. The van der Waals surface area contributed by atoms with Crippen molar-refractivity contribution in [1.82, 2.24) is 16.0 Å². The predicted molar refractivity (Wildman–Crippen MR) is 105 cm³/mol. The van der Waals surface area contributed by atoms with Crippen LogP contribution in [0, 0.1) is 5.41 Å². The molecule has 0 fully saturated rings. The molecular formula is C18H30N4O3S. The number of amides is 1. The van der Waals surface area contributed by atoms with Crippen LogP contribution in [0.25, 0.3) is 0 Å². The molecule has 0 atom stereocenters. The number of hydrogen-bond acceptors (Lipinski definition) is 4. The Morgan fingerprint density at radius 3 is 2.04 bits per heavy atom.